The SMILES string of the molecule is CCc1nc2ccc(C)cc2c(C(=O)N[C@H]2CCCC[C@@H]2C)c1C. The molecule has 1 heterocycles. The van der Waals surface area contributed by atoms with Gasteiger partial charge in [0, 0.05) is 17.1 Å². The predicted molar refractivity (Wildman–Crippen MR) is 99.5 cm³/mol. The van der Waals surface area contributed by atoms with E-state index in [0.29, 0.717) is 12.0 Å². The molecule has 1 aliphatic carbocycles. The zero-order valence-electron chi connectivity index (χ0n) is 15.3. The Morgan fingerprint density at radius 1 is 1.25 bits per heavy atom. The van der Waals surface area contributed by atoms with E-state index in [9.17, 15) is 4.79 Å². The summed E-state index contributed by atoms with van der Waals surface area (Å²) in [6.45, 7) is 8.45. The molecular weight excluding hydrogens is 296 g/mol. The molecule has 1 aromatic carbocycles. The molecule has 0 saturated heterocycles. The van der Waals surface area contributed by atoms with Crippen LogP contribution in [-0.4, -0.2) is 16.9 Å². The molecule has 0 aliphatic heterocycles. The van der Waals surface area contributed by atoms with Gasteiger partial charge in [-0.15, -0.1) is 0 Å². The van der Waals surface area contributed by atoms with Gasteiger partial charge in [-0.25, -0.2) is 0 Å². The number of carbonyl (C=O) groups is 1. The molecule has 3 rings (SSSR count). The second kappa shape index (κ2) is 6.92. The molecule has 1 amide bonds. The molecule has 2 atom stereocenters. The van der Waals surface area contributed by atoms with Crippen molar-refractivity contribution in [2.45, 2.75) is 65.8 Å². The van der Waals surface area contributed by atoms with Gasteiger partial charge in [-0.3, -0.25) is 9.78 Å². The molecule has 1 N–H and O–H groups in total. The Balaban J connectivity index is 2.04. The molecule has 1 saturated carbocycles. The second-order valence-corrected chi connectivity index (χ2v) is 7.27. The van der Waals surface area contributed by atoms with Crippen LogP contribution in [0.1, 0.15) is 66.7 Å². The van der Waals surface area contributed by atoms with Crippen LogP contribution in [0.5, 0.6) is 0 Å². The zero-order chi connectivity index (χ0) is 17.3. The minimum absolute atomic E-state index is 0.0685. The van der Waals surface area contributed by atoms with Crippen molar-refractivity contribution >= 4 is 16.8 Å². The summed E-state index contributed by atoms with van der Waals surface area (Å²) in [7, 11) is 0. The van der Waals surface area contributed by atoms with Crippen LogP contribution in [0.4, 0.5) is 0 Å². The van der Waals surface area contributed by atoms with Gasteiger partial charge in [0.25, 0.3) is 5.91 Å². The van der Waals surface area contributed by atoms with E-state index in [2.05, 4.69) is 38.2 Å². The Kier molecular flexibility index (Phi) is 4.88. The Labute approximate surface area is 144 Å². The summed E-state index contributed by atoms with van der Waals surface area (Å²) in [6.07, 6.45) is 5.64. The first kappa shape index (κ1) is 16.9. The average Bonchev–Trinajstić information content (AvgIpc) is 2.56. The van der Waals surface area contributed by atoms with E-state index < -0.39 is 0 Å². The van der Waals surface area contributed by atoms with Gasteiger partial charge in [0.05, 0.1) is 11.1 Å². The molecule has 0 bridgehead atoms. The molecule has 0 unspecified atom stereocenters. The summed E-state index contributed by atoms with van der Waals surface area (Å²) in [6, 6.07) is 6.48. The second-order valence-electron chi connectivity index (χ2n) is 7.27. The Hall–Kier alpha value is -1.90. The first-order valence-electron chi connectivity index (χ1n) is 9.22. The molecule has 1 aliphatic rings. The van der Waals surface area contributed by atoms with Crippen LogP contribution < -0.4 is 5.32 Å². The van der Waals surface area contributed by atoms with Gasteiger partial charge in [-0.2, -0.15) is 0 Å². The van der Waals surface area contributed by atoms with Crippen molar-refractivity contribution in [2.75, 3.05) is 0 Å². The lowest BCUT2D eigenvalue weighted by Crippen LogP contribution is -2.41. The quantitative estimate of drug-likeness (QED) is 0.887. The molecule has 24 heavy (non-hydrogen) atoms. The van der Waals surface area contributed by atoms with Crippen LogP contribution in [0.3, 0.4) is 0 Å². The normalized spacial score (nSPS) is 21.0. The van der Waals surface area contributed by atoms with Gasteiger partial charge < -0.3 is 5.32 Å². The maximum atomic E-state index is 13.1. The summed E-state index contributed by atoms with van der Waals surface area (Å²) in [5, 5.41) is 4.30. The Bertz CT molecular complexity index is 766. The van der Waals surface area contributed by atoms with Gasteiger partial charge in [0.2, 0.25) is 0 Å². The van der Waals surface area contributed by atoms with Crippen LogP contribution in [-0.2, 0) is 6.42 Å². The maximum absolute atomic E-state index is 13.1. The maximum Gasteiger partial charge on any atom is 0.252 e. The highest BCUT2D eigenvalue weighted by atomic mass is 16.1. The van der Waals surface area contributed by atoms with Gasteiger partial charge in [0.15, 0.2) is 0 Å². The van der Waals surface area contributed by atoms with Gasteiger partial charge in [0.1, 0.15) is 0 Å². The fraction of sp³-hybridized carbons (Fsp3) is 0.524. The molecule has 1 aromatic heterocycles. The van der Waals surface area contributed by atoms with Crippen LogP contribution in [0.25, 0.3) is 10.9 Å². The van der Waals surface area contributed by atoms with Crippen LogP contribution in [0.2, 0.25) is 0 Å². The number of carbonyl (C=O) groups excluding carboxylic acids is 1. The number of amides is 1. The minimum atomic E-state index is 0.0685. The van der Waals surface area contributed by atoms with Gasteiger partial charge >= 0.3 is 0 Å². The third-order valence-corrected chi connectivity index (χ3v) is 5.47. The zero-order valence-corrected chi connectivity index (χ0v) is 15.3. The average molecular weight is 324 g/mol. The minimum Gasteiger partial charge on any atom is -0.349 e. The number of hydrogen-bond acceptors (Lipinski definition) is 2. The molecule has 1 fully saturated rings. The summed E-state index contributed by atoms with van der Waals surface area (Å²) in [4.78, 5) is 17.9. The number of pyridine rings is 1. The predicted octanol–water partition coefficient (Wildman–Crippen LogP) is 4.72. The van der Waals surface area contributed by atoms with E-state index in [-0.39, 0.29) is 5.91 Å². The Morgan fingerprint density at radius 3 is 2.71 bits per heavy atom. The topological polar surface area (TPSA) is 42.0 Å². The van der Waals surface area contributed by atoms with E-state index in [1.807, 2.05) is 13.0 Å². The number of nitrogens with zero attached hydrogens (tertiary/aromatic N) is 1. The summed E-state index contributed by atoms with van der Waals surface area (Å²) < 4.78 is 0. The lowest BCUT2D eigenvalue weighted by atomic mass is 9.85. The third-order valence-electron chi connectivity index (χ3n) is 5.47. The smallest absolute Gasteiger partial charge is 0.252 e. The number of benzene rings is 1. The van der Waals surface area contributed by atoms with Crippen molar-refractivity contribution in [2.24, 2.45) is 5.92 Å². The van der Waals surface area contributed by atoms with E-state index in [1.54, 1.807) is 0 Å². The molecule has 3 heteroatoms. The Morgan fingerprint density at radius 2 is 2.00 bits per heavy atom. The fourth-order valence-electron chi connectivity index (χ4n) is 3.93. The highest BCUT2D eigenvalue weighted by molar-refractivity contribution is 6.07. The lowest BCUT2D eigenvalue weighted by molar-refractivity contribution is 0.0911. The first-order valence-corrected chi connectivity index (χ1v) is 9.22. The highest BCUT2D eigenvalue weighted by Crippen LogP contribution is 2.27. The first-order chi connectivity index (χ1) is 11.5. The lowest BCUT2D eigenvalue weighted by Gasteiger charge is -2.30. The number of aromatic nitrogens is 1. The summed E-state index contributed by atoms with van der Waals surface area (Å²) in [5.41, 5.74) is 4.95. The molecule has 0 radical (unpaired) electrons. The summed E-state index contributed by atoms with van der Waals surface area (Å²) in [5.74, 6) is 0.627. The number of fused-ring (bicyclic) bond motifs is 1. The van der Waals surface area contributed by atoms with Crippen molar-refractivity contribution in [3.05, 3.63) is 40.6 Å². The van der Waals surface area contributed by atoms with Gasteiger partial charge in [-0.1, -0.05) is 38.3 Å². The largest absolute Gasteiger partial charge is 0.349 e. The van der Waals surface area contributed by atoms with Crippen molar-refractivity contribution in [1.82, 2.24) is 10.3 Å². The monoisotopic (exact) mass is 324 g/mol. The van der Waals surface area contributed by atoms with Crippen molar-refractivity contribution in [3.63, 3.8) is 0 Å². The van der Waals surface area contributed by atoms with E-state index >= 15 is 0 Å². The van der Waals surface area contributed by atoms with Crippen LogP contribution in [0.15, 0.2) is 18.2 Å². The van der Waals surface area contributed by atoms with Crippen LogP contribution >= 0.6 is 0 Å². The van der Waals surface area contributed by atoms with E-state index in [1.165, 1.54) is 19.3 Å². The fourth-order valence-corrected chi connectivity index (χ4v) is 3.93. The molecule has 3 nitrogen and oxygen atoms in total. The number of hydrogen-bond donors (Lipinski definition) is 1. The van der Waals surface area contributed by atoms with E-state index in [4.69, 9.17) is 4.98 Å². The molecular formula is C21H28N2O. The third kappa shape index (κ3) is 3.17. The number of nitrogens with one attached hydrogen (secondary N) is 1. The molecule has 0 spiro atoms. The summed E-state index contributed by atoms with van der Waals surface area (Å²) >= 11 is 0. The highest BCUT2D eigenvalue weighted by Gasteiger charge is 2.25. The van der Waals surface area contributed by atoms with Crippen molar-refractivity contribution < 1.29 is 4.79 Å². The van der Waals surface area contributed by atoms with Crippen molar-refractivity contribution in [3.8, 4) is 0 Å². The molecule has 2 aromatic rings. The number of rotatable bonds is 3. The van der Waals surface area contributed by atoms with E-state index in [0.717, 1.165) is 46.1 Å². The molecule has 128 valence electrons. The van der Waals surface area contributed by atoms with Crippen molar-refractivity contribution in [1.29, 1.82) is 0 Å². The number of aryl methyl sites for hydroxylation is 2. The van der Waals surface area contributed by atoms with Crippen LogP contribution in [0, 0.1) is 19.8 Å². The van der Waals surface area contributed by atoms with Gasteiger partial charge in [-0.05, 0) is 56.7 Å². The standard InChI is InChI=1S/C21H28N2O/c1-5-17-15(4)20(16-12-13(2)10-11-19(16)22-17)21(24)23-18-9-7-6-8-14(18)3/h10-12,14,18H,5-9H2,1-4H3,(H,23,24)/t14-,18-/m0/s1.